The topological polar surface area (TPSA) is 110 Å². The number of rotatable bonds is 7. The number of benzene rings is 1. The van der Waals surface area contributed by atoms with Gasteiger partial charge in [0.25, 0.3) is 6.02 Å². The van der Waals surface area contributed by atoms with E-state index < -0.39 is 43.1 Å². The van der Waals surface area contributed by atoms with Gasteiger partial charge in [0.1, 0.15) is 11.7 Å². The fourth-order valence-corrected chi connectivity index (χ4v) is 2.84. The highest BCUT2D eigenvalue weighted by atomic mass is 19.4. The Bertz CT molecular complexity index is 932. The van der Waals surface area contributed by atoms with Crippen molar-refractivity contribution in [2.24, 2.45) is 16.5 Å². The minimum absolute atomic E-state index is 0.211. The van der Waals surface area contributed by atoms with Crippen LogP contribution in [0, 0.1) is 11.2 Å². The van der Waals surface area contributed by atoms with E-state index in [1.165, 1.54) is 31.6 Å². The van der Waals surface area contributed by atoms with Crippen molar-refractivity contribution in [2.45, 2.75) is 24.6 Å². The molecule has 5 N–H and O–H groups in total. The number of nitrogens with zero attached hydrogens (tertiary/aromatic N) is 2. The molecule has 11 heteroatoms. The quantitative estimate of drug-likeness (QED) is 0.355. The fourth-order valence-electron chi connectivity index (χ4n) is 2.84. The molecule has 0 aliphatic rings. The van der Waals surface area contributed by atoms with E-state index in [0.717, 1.165) is 6.07 Å². The highest BCUT2D eigenvalue weighted by molar-refractivity contribution is 5.98. The lowest BCUT2D eigenvalue weighted by Gasteiger charge is -2.25. The monoisotopic (exact) mass is 429 g/mol. The number of aliphatic imine (C=N–C) groups is 1. The van der Waals surface area contributed by atoms with Crippen LogP contribution in [0.15, 0.2) is 41.7 Å². The summed E-state index contributed by atoms with van der Waals surface area (Å²) in [7, 11) is 1.49. The molecule has 0 fully saturated rings. The molecule has 0 saturated heterocycles. The van der Waals surface area contributed by atoms with Crippen LogP contribution in [0.5, 0.6) is 0 Å². The minimum atomic E-state index is -4.91. The van der Waals surface area contributed by atoms with E-state index in [1.54, 1.807) is 6.07 Å². The molecule has 1 aromatic heterocycles. The van der Waals surface area contributed by atoms with Crippen LogP contribution in [0.3, 0.4) is 0 Å². The molecule has 1 heterocycles. The summed E-state index contributed by atoms with van der Waals surface area (Å²) in [4.78, 5) is 7.87. The Morgan fingerprint density at radius 2 is 1.90 bits per heavy atom. The Labute approximate surface area is 169 Å². The molecule has 6 nitrogen and oxygen atoms in total. The third-order valence-electron chi connectivity index (χ3n) is 4.36. The van der Waals surface area contributed by atoms with Crippen molar-refractivity contribution >= 4 is 11.9 Å². The highest BCUT2D eigenvalue weighted by Crippen LogP contribution is 2.34. The number of halogens is 5. The number of ether oxygens (including phenoxy) is 1. The van der Waals surface area contributed by atoms with E-state index in [1.807, 2.05) is 0 Å². The molecule has 162 valence electrons. The Morgan fingerprint density at radius 1 is 1.20 bits per heavy atom. The zero-order valence-corrected chi connectivity index (χ0v) is 15.9. The zero-order valence-electron chi connectivity index (χ0n) is 15.9. The molecule has 0 aliphatic carbocycles. The average molecular weight is 429 g/mol. The number of pyridine rings is 1. The van der Waals surface area contributed by atoms with Gasteiger partial charge in [-0.05, 0) is 29.3 Å². The van der Waals surface area contributed by atoms with E-state index in [-0.39, 0.29) is 11.4 Å². The first-order chi connectivity index (χ1) is 14.1. The molecule has 2 rings (SSSR count). The molecule has 1 aromatic carbocycles. The molecule has 0 bridgehead atoms. The lowest BCUT2D eigenvalue weighted by Crippen LogP contribution is -2.37. The van der Waals surface area contributed by atoms with E-state index >= 15 is 0 Å². The van der Waals surface area contributed by atoms with Gasteiger partial charge < -0.3 is 16.2 Å². The number of hydrogen-bond donors (Lipinski definition) is 3. The van der Waals surface area contributed by atoms with Crippen molar-refractivity contribution in [3.63, 3.8) is 0 Å². The van der Waals surface area contributed by atoms with Crippen molar-refractivity contribution in [3.8, 4) is 11.1 Å². The van der Waals surface area contributed by atoms with Gasteiger partial charge in [-0.2, -0.15) is 13.2 Å². The van der Waals surface area contributed by atoms with Gasteiger partial charge in [0, 0.05) is 42.9 Å². The van der Waals surface area contributed by atoms with E-state index in [4.69, 9.17) is 16.9 Å². The maximum Gasteiger partial charge on any atom is 0.425 e. The van der Waals surface area contributed by atoms with Crippen molar-refractivity contribution in [1.29, 1.82) is 5.41 Å². The smallest absolute Gasteiger partial charge is 0.425 e. The predicted octanol–water partition coefficient (Wildman–Crippen LogP) is 3.51. The van der Waals surface area contributed by atoms with Crippen molar-refractivity contribution in [2.75, 3.05) is 13.7 Å². The van der Waals surface area contributed by atoms with Gasteiger partial charge in [0.05, 0.1) is 6.67 Å². The lowest BCUT2D eigenvalue weighted by molar-refractivity contribution is -0.202. The van der Waals surface area contributed by atoms with E-state index in [2.05, 4.69) is 14.7 Å². The van der Waals surface area contributed by atoms with E-state index in [9.17, 15) is 22.0 Å². The van der Waals surface area contributed by atoms with Gasteiger partial charge in [-0.1, -0.05) is 6.07 Å². The molecular formula is C19H20F5N5O. The molecule has 0 unspecified atom stereocenters. The van der Waals surface area contributed by atoms with Gasteiger partial charge in [-0.15, -0.1) is 0 Å². The van der Waals surface area contributed by atoms with Gasteiger partial charge >= 0.3 is 6.18 Å². The molecular weight excluding hydrogens is 409 g/mol. The summed E-state index contributed by atoms with van der Waals surface area (Å²) in [5.41, 5.74) is 11.8. The lowest BCUT2D eigenvalue weighted by atomic mass is 9.91. The first-order valence-corrected chi connectivity index (χ1v) is 8.67. The van der Waals surface area contributed by atoms with Gasteiger partial charge in [-0.25, -0.2) is 4.39 Å². The second-order valence-electron chi connectivity index (χ2n) is 6.41. The van der Waals surface area contributed by atoms with Crippen LogP contribution >= 0.6 is 0 Å². The summed E-state index contributed by atoms with van der Waals surface area (Å²) in [6.45, 7) is -1.28. The van der Waals surface area contributed by atoms with Crippen molar-refractivity contribution < 1.29 is 26.7 Å². The van der Waals surface area contributed by atoms with Crippen LogP contribution in [0.4, 0.5) is 22.0 Å². The summed E-state index contributed by atoms with van der Waals surface area (Å²) in [5.74, 6) is -2.14. The Balaban J connectivity index is 2.42. The van der Waals surface area contributed by atoms with Gasteiger partial charge in [0.15, 0.2) is 6.10 Å². The second-order valence-corrected chi connectivity index (χ2v) is 6.41. The summed E-state index contributed by atoms with van der Waals surface area (Å²) < 4.78 is 71.8. The SMILES string of the molecule is CN=C(N)c1cncc(-c2ccc(F)c([C@H](CF)C[C@H](OC(=N)N)C(F)(F)F)c2)c1. The fraction of sp³-hybridized carbons (Fsp3) is 0.316. The third kappa shape index (κ3) is 5.65. The maximum absolute atomic E-state index is 14.4. The van der Waals surface area contributed by atoms with Gasteiger partial charge in [-0.3, -0.25) is 19.8 Å². The van der Waals surface area contributed by atoms with Crippen LogP contribution in [0.1, 0.15) is 23.5 Å². The van der Waals surface area contributed by atoms with Crippen molar-refractivity contribution in [1.82, 2.24) is 4.98 Å². The summed E-state index contributed by atoms with van der Waals surface area (Å²) in [6.07, 6.45) is -5.50. The number of amidine groups is 2. The standard InChI is InChI=1S/C19H20F5N5O/c1-28-17(25)13-4-12(8-29-9-13)10-2-3-15(21)14(5-10)11(7-20)6-16(19(22,23)24)30-18(26)27/h2-5,8-9,11,16H,6-7H2,1H3,(H2,25,28)(H3,26,27)/t11-,16-/m0/s1. The first kappa shape index (κ1) is 23.0. The zero-order chi connectivity index (χ0) is 22.5. The summed E-state index contributed by atoms with van der Waals surface area (Å²) in [6, 6.07) is 4.13. The summed E-state index contributed by atoms with van der Waals surface area (Å²) >= 11 is 0. The highest BCUT2D eigenvalue weighted by Gasteiger charge is 2.44. The molecule has 0 spiro atoms. The molecule has 0 amide bonds. The Hall–Kier alpha value is -3.24. The number of alkyl halides is 4. The van der Waals surface area contributed by atoms with E-state index in [0.29, 0.717) is 16.7 Å². The maximum atomic E-state index is 14.4. The van der Waals surface area contributed by atoms with Crippen LogP contribution in [-0.2, 0) is 4.74 Å². The Morgan fingerprint density at radius 3 is 2.47 bits per heavy atom. The molecule has 0 saturated carbocycles. The van der Waals surface area contributed by atoms with Crippen LogP contribution in [-0.4, -0.2) is 42.8 Å². The minimum Gasteiger partial charge on any atom is -0.453 e. The average Bonchev–Trinajstić information content (AvgIpc) is 2.70. The number of nitrogens with two attached hydrogens (primary N) is 2. The Kier molecular flexibility index (Phi) is 7.30. The van der Waals surface area contributed by atoms with Crippen LogP contribution in [0.25, 0.3) is 11.1 Å². The van der Waals surface area contributed by atoms with Gasteiger partial charge in [0.2, 0.25) is 0 Å². The first-order valence-electron chi connectivity index (χ1n) is 8.67. The number of aromatic nitrogens is 1. The van der Waals surface area contributed by atoms with Crippen molar-refractivity contribution in [3.05, 3.63) is 53.6 Å². The second kappa shape index (κ2) is 9.51. The molecule has 0 aliphatic heterocycles. The molecule has 2 atom stereocenters. The van der Waals surface area contributed by atoms with Crippen LogP contribution in [0.2, 0.25) is 0 Å². The summed E-state index contributed by atoms with van der Waals surface area (Å²) in [5, 5.41) is 6.93. The predicted molar refractivity (Wildman–Crippen MR) is 102 cm³/mol. The molecule has 2 aromatic rings. The molecule has 30 heavy (non-hydrogen) atoms. The number of hydrogen-bond acceptors (Lipinski definition) is 4. The van der Waals surface area contributed by atoms with Crippen LogP contribution < -0.4 is 11.5 Å². The molecule has 0 radical (unpaired) electrons. The third-order valence-corrected chi connectivity index (χ3v) is 4.36. The normalized spacial score (nSPS) is 14.3. The number of nitrogens with one attached hydrogen (secondary N) is 1. The largest absolute Gasteiger partial charge is 0.453 e.